The number of pyridine rings is 1. The molecule has 1 aliphatic heterocycles. The zero-order chi connectivity index (χ0) is 17.1. The molecular formula is C17H17N3O4. The number of nitrogen functional groups attached to an aromatic ring is 1. The third-order valence-corrected chi connectivity index (χ3v) is 3.52. The molecule has 4 N–H and O–H groups in total. The van der Waals surface area contributed by atoms with Crippen molar-refractivity contribution < 1.29 is 19.7 Å². The fraction of sp³-hybridized carbons (Fsp3) is 0.176. The number of nitrogens with two attached hydrogens (primary N) is 1. The smallest absolute Gasteiger partial charge is 0.294 e. The van der Waals surface area contributed by atoms with Gasteiger partial charge in [-0.2, -0.15) is 0 Å². The highest BCUT2D eigenvalue weighted by atomic mass is 16.5. The number of hydrogen-bond donors (Lipinski definition) is 3. The molecule has 1 atom stereocenters. The van der Waals surface area contributed by atoms with Crippen LogP contribution in [0.2, 0.25) is 0 Å². The van der Waals surface area contributed by atoms with Crippen molar-refractivity contribution in [2.24, 2.45) is 0 Å². The molecule has 1 unspecified atom stereocenters. The Balaban J connectivity index is 2.02. The van der Waals surface area contributed by atoms with Crippen molar-refractivity contribution in [1.82, 2.24) is 4.98 Å². The summed E-state index contributed by atoms with van der Waals surface area (Å²) in [5.41, 5.74) is 7.27. The second kappa shape index (κ2) is 6.69. The molecule has 24 heavy (non-hydrogen) atoms. The number of carbonyl (C=O) groups excluding carboxylic acids is 1. The van der Waals surface area contributed by atoms with Gasteiger partial charge >= 0.3 is 0 Å². The van der Waals surface area contributed by atoms with E-state index < -0.39 is 18.6 Å². The van der Waals surface area contributed by atoms with Gasteiger partial charge in [-0.3, -0.25) is 14.7 Å². The topological polar surface area (TPSA) is 109 Å². The number of amides is 1. The summed E-state index contributed by atoms with van der Waals surface area (Å²) in [4.78, 5) is 18.2. The third-order valence-electron chi connectivity index (χ3n) is 3.52. The average Bonchev–Trinajstić information content (AvgIpc) is 2.59. The fourth-order valence-corrected chi connectivity index (χ4v) is 2.37. The highest BCUT2D eigenvalue weighted by Crippen LogP contribution is 2.37. The molecule has 0 fully saturated rings. The number of carbonyl (C=O) groups is 1. The van der Waals surface area contributed by atoms with Crippen LogP contribution in [0.25, 0.3) is 6.08 Å². The van der Waals surface area contributed by atoms with Crippen LogP contribution in [0.5, 0.6) is 5.75 Å². The maximum Gasteiger partial charge on any atom is 0.294 e. The predicted octanol–water partition coefficient (Wildman–Crippen LogP) is 0.784. The maximum absolute atomic E-state index is 12.7. The number of nitrogens with zero attached hydrogens (tertiary/aromatic N) is 2. The summed E-state index contributed by atoms with van der Waals surface area (Å²) in [7, 11) is 0. The minimum absolute atomic E-state index is 0.0747. The summed E-state index contributed by atoms with van der Waals surface area (Å²) in [5, 5.41) is 18.8. The lowest BCUT2D eigenvalue weighted by atomic mass is 10.1. The lowest BCUT2D eigenvalue weighted by Crippen LogP contribution is -2.43. The molecule has 0 radical (unpaired) electrons. The monoisotopic (exact) mass is 327 g/mol. The number of aliphatic hydroxyl groups excluding tert-OH is 2. The molecule has 2 aromatic rings. The average molecular weight is 327 g/mol. The van der Waals surface area contributed by atoms with Crippen LogP contribution in [0.4, 0.5) is 11.4 Å². The van der Waals surface area contributed by atoms with E-state index in [-0.39, 0.29) is 12.3 Å². The van der Waals surface area contributed by atoms with Crippen molar-refractivity contribution in [3.63, 3.8) is 0 Å². The second-order valence-electron chi connectivity index (χ2n) is 5.34. The van der Waals surface area contributed by atoms with Gasteiger partial charge in [0.15, 0.2) is 11.5 Å². The van der Waals surface area contributed by atoms with Crippen LogP contribution in [-0.4, -0.2) is 40.4 Å². The third kappa shape index (κ3) is 3.22. The second-order valence-corrected chi connectivity index (χ2v) is 5.34. The van der Waals surface area contributed by atoms with E-state index in [2.05, 4.69) is 4.98 Å². The zero-order valence-corrected chi connectivity index (χ0v) is 12.8. The highest BCUT2D eigenvalue weighted by Gasteiger charge is 2.31. The molecule has 7 nitrogen and oxygen atoms in total. The fourth-order valence-electron chi connectivity index (χ4n) is 2.37. The van der Waals surface area contributed by atoms with E-state index in [1.54, 1.807) is 42.6 Å². The van der Waals surface area contributed by atoms with Crippen LogP contribution in [-0.2, 0) is 4.79 Å². The number of rotatable bonds is 4. The first-order chi connectivity index (χ1) is 11.6. The Morgan fingerprint density at radius 1 is 1.33 bits per heavy atom. The van der Waals surface area contributed by atoms with E-state index in [9.17, 15) is 9.90 Å². The van der Waals surface area contributed by atoms with E-state index in [1.165, 1.54) is 11.0 Å². The number of aromatic nitrogens is 1. The van der Waals surface area contributed by atoms with Crippen molar-refractivity contribution in [2.45, 2.75) is 6.10 Å². The molecule has 124 valence electrons. The van der Waals surface area contributed by atoms with Gasteiger partial charge in [0.25, 0.3) is 5.91 Å². The molecule has 2 heterocycles. The SMILES string of the molecule is Nc1ccc2c(c1)N(CC(O)CO)C(=O)/C(=C\c1ccccn1)O2. The van der Waals surface area contributed by atoms with Gasteiger partial charge in [0.05, 0.1) is 30.6 Å². The van der Waals surface area contributed by atoms with Crippen LogP contribution < -0.4 is 15.4 Å². The summed E-state index contributed by atoms with van der Waals surface area (Å²) in [5.74, 6) is 0.0819. The molecule has 0 saturated carbocycles. The molecule has 0 saturated heterocycles. The largest absolute Gasteiger partial charge is 0.449 e. The van der Waals surface area contributed by atoms with Gasteiger partial charge in [-0.25, -0.2) is 0 Å². The normalized spacial score (nSPS) is 16.7. The van der Waals surface area contributed by atoms with Gasteiger partial charge in [0, 0.05) is 18.0 Å². The van der Waals surface area contributed by atoms with Gasteiger partial charge in [-0.15, -0.1) is 0 Å². The number of β-amino-alcohol motifs (C(OH)–C–C–N with tert-alkyl or cyclic N) is 1. The predicted molar refractivity (Wildman–Crippen MR) is 89.1 cm³/mol. The standard InChI is InChI=1S/C17H17N3O4/c18-11-4-5-15-14(7-11)20(9-13(22)10-21)17(23)16(24-15)8-12-3-1-2-6-19-12/h1-8,13,21-22H,9-10,18H2/b16-8+. The van der Waals surface area contributed by atoms with E-state index in [0.29, 0.717) is 22.8 Å². The molecule has 1 amide bonds. The minimum atomic E-state index is -1.07. The summed E-state index contributed by atoms with van der Waals surface area (Å²) in [6.45, 7) is -0.531. The Bertz CT molecular complexity index is 777. The van der Waals surface area contributed by atoms with Crippen LogP contribution in [0.3, 0.4) is 0 Å². The van der Waals surface area contributed by atoms with Gasteiger partial charge in [0.2, 0.25) is 0 Å². The van der Waals surface area contributed by atoms with Crippen molar-refractivity contribution in [2.75, 3.05) is 23.8 Å². The summed E-state index contributed by atoms with van der Waals surface area (Å²) < 4.78 is 5.68. The number of aliphatic hydroxyl groups is 2. The summed E-state index contributed by atoms with van der Waals surface area (Å²) in [6.07, 6.45) is 2.07. The molecule has 7 heteroatoms. The molecule has 3 rings (SSSR count). The Labute approximate surface area is 138 Å². The summed E-state index contributed by atoms with van der Waals surface area (Å²) in [6, 6.07) is 10.2. The number of anilines is 2. The molecule has 1 aromatic heterocycles. The number of ether oxygens (including phenoxy) is 1. The lowest BCUT2D eigenvalue weighted by molar-refractivity contribution is -0.118. The first kappa shape index (κ1) is 16.0. The zero-order valence-electron chi connectivity index (χ0n) is 12.8. The molecule has 0 aliphatic carbocycles. The van der Waals surface area contributed by atoms with Crippen molar-refractivity contribution in [1.29, 1.82) is 0 Å². The number of fused-ring (bicyclic) bond motifs is 1. The first-order valence-electron chi connectivity index (χ1n) is 7.39. The number of hydrogen-bond acceptors (Lipinski definition) is 6. The van der Waals surface area contributed by atoms with E-state index >= 15 is 0 Å². The van der Waals surface area contributed by atoms with Crippen LogP contribution in [0.1, 0.15) is 5.69 Å². The Morgan fingerprint density at radius 3 is 2.88 bits per heavy atom. The van der Waals surface area contributed by atoms with Crippen LogP contribution in [0.15, 0.2) is 48.4 Å². The lowest BCUT2D eigenvalue weighted by Gasteiger charge is -2.31. The minimum Gasteiger partial charge on any atom is -0.449 e. The van der Waals surface area contributed by atoms with Gasteiger partial charge in [-0.1, -0.05) is 6.07 Å². The van der Waals surface area contributed by atoms with Crippen molar-refractivity contribution in [3.8, 4) is 5.75 Å². The van der Waals surface area contributed by atoms with Crippen LogP contribution in [0, 0.1) is 0 Å². The Hall–Kier alpha value is -2.90. The van der Waals surface area contributed by atoms with E-state index in [0.717, 1.165) is 0 Å². The molecular weight excluding hydrogens is 310 g/mol. The molecule has 0 spiro atoms. The molecule has 0 bridgehead atoms. The molecule has 1 aliphatic rings. The number of benzene rings is 1. The van der Waals surface area contributed by atoms with Gasteiger partial charge in [-0.05, 0) is 30.3 Å². The van der Waals surface area contributed by atoms with E-state index in [4.69, 9.17) is 15.6 Å². The van der Waals surface area contributed by atoms with Crippen molar-refractivity contribution >= 4 is 23.4 Å². The quantitative estimate of drug-likeness (QED) is 0.566. The van der Waals surface area contributed by atoms with Gasteiger partial charge in [0.1, 0.15) is 0 Å². The maximum atomic E-state index is 12.7. The van der Waals surface area contributed by atoms with E-state index in [1.807, 2.05) is 0 Å². The van der Waals surface area contributed by atoms with Crippen LogP contribution >= 0.6 is 0 Å². The van der Waals surface area contributed by atoms with Gasteiger partial charge < -0.3 is 20.7 Å². The first-order valence-corrected chi connectivity index (χ1v) is 7.39. The Kier molecular flexibility index (Phi) is 4.45. The molecule has 1 aromatic carbocycles. The Morgan fingerprint density at radius 2 is 2.17 bits per heavy atom. The van der Waals surface area contributed by atoms with Crippen molar-refractivity contribution in [3.05, 3.63) is 54.0 Å². The highest BCUT2D eigenvalue weighted by molar-refractivity contribution is 6.10. The summed E-state index contributed by atoms with van der Waals surface area (Å²) >= 11 is 0.